The van der Waals surface area contributed by atoms with Gasteiger partial charge < -0.3 is 10.8 Å². The first-order valence-electron chi connectivity index (χ1n) is 2.72. The van der Waals surface area contributed by atoms with Gasteiger partial charge in [0.15, 0.2) is 11.6 Å². The van der Waals surface area contributed by atoms with Crippen LogP contribution in [0.15, 0.2) is 10.7 Å². The predicted octanol–water partition coefficient (Wildman–Crippen LogP) is 1.44. The number of anilines is 1. The molecule has 0 saturated carbocycles. The summed E-state index contributed by atoms with van der Waals surface area (Å²) in [6, 6.07) is 0. The molecular weight excluding hydrogens is 196 g/mol. The summed E-state index contributed by atoms with van der Waals surface area (Å²) in [5, 5.41) is 9.15. The Morgan fingerprint density at radius 2 is 2.30 bits per heavy atom. The highest BCUT2D eigenvalue weighted by molar-refractivity contribution is 9.10. The minimum Gasteiger partial charge on any atom is -0.503 e. The van der Waals surface area contributed by atoms with Crippen molar-refractivity contribution in [2.75, 3.05) is 5.73 Å². The largest absolute Gasteiger partial charge is 0.503 e. The Kier molecular flexibility index (Phi) is 1.80. The maximum atomic E-state index is 9.15. The molecule has 0 unspecified atom stereocenters. The van der Waals surface area contributed by atoms with Crippen LogP contribution in [0.5, 0.6) is 5.75 Å². The van der Waals surface area contributed by atoms with E-state index in [4.69, 9.17) is 10.8 Å². The second-order valence-corrected chi connectivity index (χ2v) is 2.78. The van der Waals surface area contributed by atoms with E-state index in [9.17, 15) is 0 Å². The molecule has 54 valence electrons. The third-order valence-electron chi connectivity index (χ3n) is 1.19. The molecule has 3 N–H and O–H groups in total. The van der Waals surface area contributed by atoms with Crippen LogP contribution >= 0.6 is 15.9 Å². The molecule has 1 heterocycles. The summed E-state index contributed by atoms with van der Waals surface area (Å²) in [5.74, 6) is 0.164. The fourth-order valence-electron chi connectivity index (χ4n) is 0.583. The number of halogens is 1. The molecule has 0 aliphatic heterocycles. The number of aryl methyl sites for hydroxylation is 1. The van der Waals surface area contributed by atoms with Gasteiger partial charge >= 0.3 is 0 Å². The summed E-state index contributed by atoms with van der Waals surface area (Å²) in [7, 11) is 0. The lowest BCUT2D eigenvalue weighted by molar-refractivity contribution is 0.472. The molecule has 0 amide bonds. The lowest BCUT2D eigenvalue weighted by Crippen LogP contribution is -1.91. The first-order chi connectivity index (χ1) is 4.63. The lowest BCUT2D eigenvalue weighted by atomic mass is 10.3. The first-order valence-corrected chi connectivity index (χ1v) is 3.51. The Hall–Kier alpha value is -0.770. The number of nitrogens with zero attached hydrogens (tertiary/aromatic N) is 1. The van der Waals surface area contributed by atoms with E-state index in [0.717, 1.165) is 5.56 Å². The van der Waals surface area contributed by atoms with Crippen LogP contribution in [0.1, 0.15) is 5.56 Å². The quantitative estimate of drug-likeness (QED) is 0.670. The molecule has 0 aliphatic carbocycles. The Morgan fingerprint density at radius 3 is 2.80 bits per heavy atom. The van der Waals surface area contributed by atoms with Gasteiger partial charge in [0.25, 0.3) is 0 Å². The van der Waals surface area contributed by atoms with Crippen LogP contribution in [0.3, 0.4) is 0 Å². The zero-order valence-electron chi connectivity index (χ0n) is 5.43. The van der Waals surface area contributed by atoms with Crippen molar-refractivity contribution in [3.8, 4) is 5.75 Å². The van der Waals surface area contributed by atoms with Gasteiger partial charge in [-0.2, -0.15) is 0 Å². The number of hydrogen-bond donors (Lipinski definition) is 2. The Morgan fingerprint density at radius 1 is 1.70 bits per heavy atom. The number of aromatic hydroxyl groups is 1. The number of nitrogens with two attached hydrogens (primary N) is 1. The van der Waals surface area contributed by atoms with Crippen molar-refractivity contribution in [3.05, 3.63) is 16.2 Å². The summed E-state index contributed by atoms with van der Waals surface area (Å²) in [6.45, 7) is 1.83. The zero-order valence-corrected chi connectivity index (χ0v) is 7.01. The van der Waals surface area contributed by atoms with Crippen molar-refractivity contribution in [1.29, 1.82) is 0 Å². The number of pyridine rings is 1. The molecule has 4 heteroatoms. The standard InChI is InChI=1S/C6H7BrN2O/c1-3-2-9-6(8)5(10)4(3)7/h2,10H,1H3,(H2,8,9). The molecule has 0 radical (unpaired) electrons. The second kappa shape index (κ2) is 2.46. The second-order valence-electron chi connectivity index (χ2n) is 1.99. The van der Waals surface area contributed by atoms with Crippen molar-refractivity contribution >= 4 is 21.7 Å². The fourth-order valence-corrected chi connectivity index (χ4v) is 0.889. The van der Waals surface area contributed by atoms with Crippen molar-refractivity contribution in [1.82, 2.24) is 4.98 Å². The van der Waals surface area contributed by atoms with Gasteiger partial charge in [-0.05, 0) is 28.4 Å². The number of nitrogen functional groups attached to an aromatic ring is 1. The summed E-state index contributed by atoms with van der Waals surface area (Å²) in [4.78, 5) is 3.74. The van der Waals surface area contributed by atoms with Gasteiger partial charge in [0.2, 0.25) is 0 Å². The van der Waals surface area contributed by atoms with E-state index >= 15 is 0 Å². The van der Waals surface area contributed by atoms with Crippen LogP contribution in [0.25, 0.3) is 0 Å². The maximum absolute atomic E-state index is 9.15. The maximum Gasteiger partial charge on any atom is 0.172 e. The molecule has 10 heavy (non-hydrogen) atoms. The number of rotatable bonds is 0. The third-order valence-corrected chi connectivity index (χ3v) is 2.20. The van der Waals surface area contributed by atoms with E-state index in [0.29, 0.717) is 4.47 Å². The lowest BCUT2D eigenvalue weighted by Gasteiger charge is -2.01. The topological polar surface area (TPSA) is 59.1 Å². The van der Waals surface area contributed by atoms with Crippen molar-refractivity contribution in [3.63, 3.8) is 0 Å². The molecule has 0 fully saturated rings. The van der Waals surface area contributed by atoms with E-state index in [1.54, 1.807) is 6.20 Å². The van der Waals surface area contributed by atoms with E-state index in [1.807, 2.05) is 6.92 Å². The van der Waals surface area contributed by atoms with Crippen molar-refractivity contribution in [2.45, 2.75) is 6.92 Å². The van der Waals surface area contributed by atoms with Gasteiger partial charge in [0, 0.05) is 6.20 Å². The smallest absolute Gasteiger partial charge is 0.172 e. The van der Waals surface area contributed by atoms with Crippen molar-refractivity contribution in [2.24, 2.45) is 0 Å². The molecule has 1 aromatic heterocycles. The molecule has 3 nitrogen and oxygen atoms in total. The van der Waals surface area contributed by atoms with E-state index in [-0.39, 0.29) is 11.6 Å². The van der Waals surface area contributed by atoms with Crippen LogP contribution in [0.2, 0.25) is 0 Å². The summed E-state index contributed by atoms with van der Waals surface area (Å²) >= 11 is 3.16. The molecule has 0 aliphatic rings. The first kappa shape index (κ1) is 7.34. The average Bonchev–Trinajstić information content (AvgIpc) is 1.93. The molecule has 0 bridgehead atoms. The Balaban J connectivity index is 3.34. The van der Waals surface area contributed by atoms with Gasteiger partial charge in [-0.1, -0.05) is 0 Å². The molecule has 0 saturated heterocycles. The highest BCUT2D eigenvalue weighted by atomic mass is 79.9. The normalized spacial score (nSPS) is 9.80. The molecule has 0 atom stereocenters. The zero-order chi connectivity index (χ0) is 7.72. The summed E-state index contributed by atoms with van der Waals surface area (Å²) in [6.07, 6.45) is 1.60. The molecule has 1 rings (SSSR count). The Bertz CT molecular complexity index is 235. The average molecular weight is 203 g/mol. The Labute approximate surface area is 67.0 Å². The monoisotopic (exact) mass is 202 g/mol. The van der Waals surface area contributed by atoms with Crippen LogP contribution in [-0.2, 0) is 0 Å². The van der Waals surface area contributed by atoms with Gasteiger partial charge in [-0.25, -0.2) is 4.98 Å². The SMILES string of the molecule is Cc1cnc(N)c(O)c1Br. The predicted molar refractivity (Wildman–Crippen MR) is 42.8 cm³/mol. The number of hydrogen-bond acceptors (Lipinski definition) is 3. The van der Waals surface area contributed by atoms with Crippen LogP contribution in [0, 0.1) is 6.92 Å². The van der Waals surface area contributed by atoms with E-state index in [1.165, 1.54) is 0 Å². The van der Waals surface area contributed by atoms with Gasteiger partial charge in [0.1, 0.15) is 0 Å². The van der Waals surface area contributed by atoms with Gasteiger partial charge in [-0.3, -0.25) is 0 Å². The molecule has 0 spiro atoms. The van der Waals surface area contributed by atoms with E-state index < -0.39 is 0 Å². The van der Waals surface area contributed by atoms with Crippen molar-refractivity contribution < 1.29 is 5.11 Å². The molecular formula is C6H7BrN2O. The van der Waals surface area contributed by atoms with E-state index in [2.05, 4.69) is 20.9 Å². The number of aromatic nitrogens is 1. The molecule has 1 aromatic rings. The van der Waals surface area contributed by atoms with Crippen LogP contribution in [-0.4, -0.2) is 10.1 Å². The highest BCUT2D eigenvalue weighted by Crippen LogP contribution is 2.30. The molecule has 0 aromatic carbocycles. The fraction of sp³-hybridized carbons (Fsp3) is 0.167. The van der Waals surface area contributed by atoms with Gasteiger partial charge in [0.05, 0.1) is 4.47 Å². The van der Waals surface area contributed by atoms with Crippen LogP contribution < -0.4 is 5.73 Å². The highest BCUT2D eigenvalue weighted by Gasteiger charge is 2.04. The summed E-state index contributed by atoms with van der Waals surface area (Å²) < 4.78 is 0.611. The minimum atomic E-state index is 0.0139. The third kappa shape index (κ3) is 1.07. The minimum absolute atomic E-state index is 0.0139. The van der Waals surface area contributed by atoms with Gasteiger partial charge in [-0.15, -0.1) is 0 Å². The van der Waals surface area contributed by atoms with Crippen LogP contribution in [0.4, 0.5) is 5.82 Å². The summed E-state index contributed by atoms with van der Waals surface area (Å²) in [5.41, 5.74) is 6.17.